The molecule has 9 heteroatoms. The number of carbonyl (C=O) groups excluding carboxylic acids is 1. The van der Waals surface area contributed by atoms with Crippen LogP contribution in [0.25, 0.3) is 11.3 Å². The largest absolute Gasteiger partial charge is 0.492 e. The van der Waals surface area contributed by atoms with Gasteiger partial charge in [0.15, 0.2) is 0 Å². The summed E-state index contributed by atoms with van der Waals surface area (Å²) < 4.78 is 11.2. The molecule has 2 heterocycles. The van der Waals surface area contributed by atoms with Crippen LogP contribution in [0.1, 0.15) is 10.4 Å². The number of hydrogen-bond donors (Lipinski definition) is 3. The number of anilines is 2. The van der Waals surface area contributed by atoms with Crippen molar-refractivity contribution in [2.45, 2.75) is 0 Å². The lowest BCUT2D eigenvalue weighted by atomic mass is 10.1. The van der Waals surface area contributed by atoms with E-state index in [-0.39, 0.29) is 12.6 Å². The van der Waals surface area contributed by atoms with Crippen LogP contribution >= 0.6 is 0 Å². The van der Waals surface area contributed by atoms with E-state index < -0.39 is 0 Å². The molecule has 1 aliphatic heterocycles. The van der Waals surface area contributed by atoms with Gasteiger partial charge >= 0.3 is 0 Å². The maximum Gasteiger partial charge on any atom is 0.252 e. The molecule has 0 saturated carbocycles. The van der Waals surface area contributed by atoms with Crippen LogP contribution in [0.5, 0.6) is 5.75 Å². The quantitative estimate of drug-likeness (QED) is 0.427. The van der Waals surface area contributed by atoms with Gasteiger partial charge in [0.2, 0.25) is 5.95 Å². The monoisotopic (exact) mass is 448 g/mol. The molecule has 0 aliphatic carbocycles. The van der Waals surface area contributed by atoms with Crippen LogP contribution < -0.4 is 21.1 Å². The second kappa shape index (κ2) is 11.4. The number of nitrogens with zero attached hydrogens (tertiary/aromatic N) is 3. The third kappa shape index (κ3) is 6.48. The van der Waals surface area contributed by atoms with E-state index in [1.54, 1.807) is 18.3 Å². The molecule has 0 unspecified atom stereocenters. The molecule has 0 atom stereocenters. The first-order chi connectivity index (χ1) is 16.2. The van der Waals surface area contributed by atoms with Gasteiger partial charge in [0, 0.05) is 42.6 Å². The van der Waals surface area contributed by atoms with Gasteiger partial charge in [-0.2, -0.15) is 0 Å². The molecule has 2 aromatic carbocycles. The summed E-state index contributed by atoms with van der Waals surface area (Å²) >= 11 is 0. The minimum absolute atomic E-state index is 0.100. The SMILES string of the molecule is NCNC(=O)c1ccc(-c2ccnc(Nc3ccc(OCCN4CCOCC4)cc3)n2)cc1. The smallest absolute Gasteiger partial charge is 0.252 e. The maximum absolute atomic E-state index is 11.9. The van der Waals surface area contributed by atoms with Crippen molar-refractivity contribution in [2.75, 3.05) is 51.4 Å². The Morgan fingerprint density at radius 1 is 1.06 bits per heavy atom. The number of nitrogens with one attached hydrogen (secondary N) is 2. The first-order valence-corrected chi connectivity index (χ1v) is 10.9. The molecule has 1 amide bonds. The van der Waals surface area contributed by atoms with Crippen LogP contribution in [-0.2, 0) is 4.74 Å². The lowest BCUT2D eigenvalue weighted by Crippen LogP contribution is -2.38. The Hall–Kier alpha value is -3.53. The van der Waals surface area contributed by atoms with E-state index in [0.29, 0.717) is 18.1 Å². The van der Waals surface area contributed by atoms with Gasteiger partial charge in [-0.3, -0.25) is 9.69 Å². The van der Waals surface area contributed by atoms with Gasteiger partial charge in [0.25, 0.3) is 5.91 Å². The summed E-state index contributed by atoms with van der Waals surface area (Å²) in [6, 6.07) is 16.7. The molecule has 9 nitrogen and oxygen atoms in total. The summed E-state index contributed by atoms with van der Waals surface area (Å²) in [6.45, 7) is 5.14. The molecule has 4 N–H and O–H groups in total. The zero-order chi connectivity index (χ0) is 22.9. The highest BCUT2D eigenvalue weighted by atomic mass is 16.5. The number of ether oxygens (including phenoxy) is 2. The van der Waals surface area contributed by atoms with Gasteiger partial charge in [-0.25, -0.2) is 9.97 Å². The number of nitrogens with two attached hydrogens (primary N) is 1. The highest BCUT2D eigenvalue weighted by Gasteiger charge is 2.10. The standard InChI is InChI=1S/C24H28N6O3/c25-17-27-23(31)19-3-1-18(2-4-19)22-9-10-26-24(29-22)28-20-5-7-21(8-6-20)33-16-13-30-11-14-32-15-12-30/h1-10H,11-17,25H2,(H,27,31)(H,26,28,29). The van der Waals surface area contributed by atoms with Gasteiger partial charge in [-0.1, -0.05) is 12.1 Å². The topological polar surface area (TPSA) is 115 Å². The number of hydrogen-bond acceptors (Lipinski definition) is 8. The van der Waals surface area contributed by atoms with E-state index in [9.17, 15) is 4.79 Å². The fourth-order valence-electron chi connectivity index (χ4n) is 3.45. The Bertz CT molecular complexity index is 1040. The van der Waals surface area contributed by atoms with Crippen molar-refractivity contribution in [3.63, 3.8) is 0 Å². The van der Waals surface area contributed by atoms with E-state index >= 15 is 0 Å². The number of carbonyl (C=O) groups is 1. The van der Waals surface area contributed by atoms with Gasteiger partial charge in [0.05, 0.1) is 25.6 Å². The summed E-state index contributed by atoms with van der Waals surface area (Å²) in [4.78, 5) is 23.1. The van der Waals surface area contributed by atoms with Crippen LogP contribution in [0.15, 0.2) is 60.8 Å². The predicted molar refractivity (Wildman–Crippen MR) is 126 cm³/mol. The van der Waals surface area contributed by atoms with Crippen LogP contribution in [0.3, 0.4) is 0 Å². The van der Waals surface area contributed by atoms with Crippen molar-refractivity contribution in [3.8, 4) is 17.0 Å². The second-order valence-corrected chi connectivity index (χ2v) is 7.50. The Morgan fingerprint density at radius 2 is 1.82 bits per heavy atom. The highest BCUT2D eigenvalue weighted by molar-refractivity contribution is 5.94. The molecule has 1 aliphatic rings. The second-order valence-electron chi connectivity index (χ2n) is 7.50. The van der Waals surface area contributed by atoms with E-state index in [1.165, 1.54) is 0 Å². The first-order valence-electron chi connectivity index (χ1n) is 10.9. The summed E-state index contributed by atoms with van der Waals surface area (Å²) in [7, 11) is 0. The molecule has 0 bridgehead atoms. The predicted octanol–water partition coefficient (Wildman–Crippen LogP) is 2.24. The highest BCUT2D eigenvalue weighted by Crippen LogP contribution is 2.21. The van der Waals surface area contributed by atoms with Gasteiger partial charge in [0.1, 0.15) is 12.4 Å². The molecule has 1 saturated heterocycles. The Balaban J connectivity index is 1.32. The summed E-state index contributed by atoms with van der Waals surface area (Å²) in [5, 5.41) is 5.79. The van der Waals surface area contributed by atoms with Gasteiger partial charge in [-0.05, 0) is 42.5 Å². The third-order valence-corrected chi connectivity index (χ3v) is 5.25. The maximum atomic E-state index is 11.9. The fourth-order valence-corrected chi connectivity index (χ4v) is 3.45. The number of benzene rings is 2. The van der Waals surface area contributed by atoms with Crippen LogP contribution in [0, 0.1) is 0 Å². The summed E-state index contributed by atoms with van der Waals surface area (Å²) in [6.07, 6.45) is 1.70. The first kappa shape index (κ1) is 22.7. The molecular formula is C24H28N6O3. The Kier molecular flexibility index (Phi) is 7.81. The van der Waals surface area contributed by atoms with Crippen molar-refractivity contribution in [1.82, 2.24) is 20.2 Å². The van der Waals surface area contributed by atoms with E-state index in [4.69, 9.17) is 15.2 Å². The molecule has 0 spiro atoms. The molecule has 1 fully saturated rings. The van der Waals surface area contributed by atoms with Gasteiger partial charge in [-0.15, -0.1) is 0 Å². The number of morpholine rings is 1. The molecule has 33 heavy (non-hydrogen) atoms. The molecule has 1 aromatic heterocycles. The van der Waals surface area contributed by atoms with E-state index in [1.807, 2.05) is 42.5 Å². The van der Waals surface area contributed by atoms with Crippen molar-refractivity contribution in [3.05, 3.63) is 66.4 Å². The zero-order valence-corrected chi connectivity index (χ0v) is 18.4. The average molecular weight is 449 g/mol. The fraction of sp³-hybridized carbons (Fsp3) is 0.292. The van der Waals surface area contributed by atoms with Crippen LogP contribution in [0.2, 0.25) is 0 Å². The Morgan fingerprint density at radius 3 is 2.55 bits per heavy atom. The normalized spacial score (nSPS) is 14.0. The molecule has 3 aromatic rings. The van der Waals surface area contributed by atoms with Crippen LogP contribution in [0.4, 0.5) is 11.6 Å². The molecule has 172 valence electrons. The average Bonchev–Trinajstić information content (AvgIpc) is 2.86. The van der Waals surface area contributed by atoms with Gasteiger partial charge < -0.3 is 25.8 Å². The van der Waals surface area contributed by atoms with E-state index in [2.05, 4.69) is 25.5 Å². The minimum atomic E-state index is -0.206. The summed E-state index contributed by atoms with van der Waals surface area (Å²) in [5.74, 6) is 1.10. The van der Waals surface area contributed by atoms with Crippen molar-refractivity contribution in [2.24, 2.45) is 5.73 Å². The number of aromatic nitrogens is 2. The lowest BCUT2D eigenvalue weighted by Gasteiger charge is -2.26. The lowest BCUT2D eigenvalue weighted by molar-refractivity contribution is 0.0322. The Labute approximate surface area is 192 Å². The van der Waals surface area contributed by atoms with Crippen molar-refractivity contribution in [1.29, 1.82) is 0 Å². The molecular weight excluding hydrogens is 420 g/mol. The molecule has 0 radical (unpaired) electrons. The summed E-state index contributed by atoms with van der Waals surface area (Å²) in [5.41, 5.74) is 8.40. The van der Waals surface area contributed by atoms with Crippen molar-refractivity contribution >= 4 is 17.5 Å². The number of rotatable bonds is 9. The minimum Gasteiger partial charge on any atom is -0.492 e. The third-order valence-electron chi connectivity index (χ3n) is 5.25. The van der Waals surface area contributed by atoms with Crippen molar-refractivity contribution < 1.29 is 14.3 Å². The van der Waals surface area contributed by atoms with Crippen LogP contribution in [-0.4, -0.2) is 66.9 Å². The zero-order valence-electron chi connectivity index (χ0n) is 18.4. The van der Waals surface area contributed by atoms with E-state index in [0.717, 1.165) is 55.5 Å². The molecule has 4 rings (SSSR count). The number of amides is 1.